The molecule has 0 radical (unpaired) electrons. The zero-order valence-electron chi connectivity index (χ0n) is 8.02. The number of rotatable bonds is 3. The largest absolute Gasteiger partial charge is 0.478 e. The van der Waals surface area contributed by atoms with Gasteiger partial charge in [-0.25, -0.2) is 4.79 Å². The van der Waals surface area contributed by atoms with Gasteiger partial charge < -0.3 is 9.94 Å². The summed E-state index contributed by atoms with van der Waals surface area (Å²) in [6.07, 6.45) is 0. The number of hydrogen-bond donors (Lipinski definition) is 1. The second-order valence-electron chi connectivity index (χ2n) is 2.75. The van der Waals surface area contributed by atoms with Crippen molar-refractivity contribution in [3.8, 4) is 0 Å². The Bertz CT molecular complexity index is 371. The molecule has 0 aromatic heterocycles. The summed E-state index contributed by atoms with van der Waals surface area (Å²) in [4.78, 5) is 15.3. The quantitative estimate of drug-likeness (QED) is 0.587. The van der Waals surface area contributed by atoms with Crippen molar-refractivity contribution in [2.45, 2.75) is 6.92 Å². The lowest BCUT2D eigenvalue weighted by Crippen LogP contribution is -2.00. The Morgan fingerprint density at radius 3 is 2.64 bits per heavy atom. The second kappa shape index (κ2) is 4.41. The van der Waals surface area contributed by atoms with Crippen molar-refractivity contribution in [1.82, 2.24) is 0 Å². The average Bonchev–Trinajstić information content (AvgIpc) is 2.18. The van der Waals surface area contributed by atoms with E-state index in [1.165, 1.54) is 13.2 Å². The van der Waals surface area contributed by atoms with Crippen LogP contribution in [0.15, 0.2) is 29.4 Å². The maximum absolute atomic E-state index is 10.7. The van der Waals surface area contributed by atoms with Crippen LogP contribution in [0.25, 0.3) is 0 Å². The molecule has 4 heteroatoms. The Kier molecular flexibility index (Phi) is 3.23. The molecule has 4 nitrogen and oxygen atoms in total. The summed E-state index contributed by atoms with van der Waals surface area (Å²) >= 11 is 0. The Balaban J connectivity index is 3.05. The molecular weight excluding hydrogens is 182 g/mol. The van der Waals surface area contributed by atoms with Gasteiger partial charge in [-0.1, -0.05) is 17.3 Å². The molecule has 0 bridgehead atoms. The molecule has 74 valence electrons. The first kappa shape index (κ1) is 10.2. The van der Waals surface area contributed by atoms with Crippen molar-refractivity contribution >= 4 is 11.7 Å². The van der Waals surface area contributed by atoms with Gasteiger partial charge in [-0.3, -0.25) is 0 Å². The average molecular weight is 193 g/mol. The van der Waals surface area contributed by atoms with Crippen molar-refractivity contribution in [3.05, 3.63) is 35.4 Å². The zero-order chi connectivity index (χ0) is 10.6. The molecule has 0 fully saturated rings. The molecule has 0 spiro atoms. The molecule has 0 atom stereocenters. The summed E-state index contributed by atoms with van der Waals surface area (Å²) in [5, 5.41) is 12.5. The SMILES string of the molecule is CO/N=C(/C)c1cccc(C(=O)O)c1. The van der Waals surface area contributed by atoms with E-state index in [9.17, 15) is 4.79 Å². The lowest BCUT2D eigenvalue weighted by Gasteiger charge is -2.00. The fourth-order valence-corrected chi connectivity index (χ4v) is 1.07. The third-order valence-electron chi connectivity index (χ3n) is 1.76. The number of nitrogens with zero attached hydrogens (tertiary/aromatic N) is 1. The first-order valence-corrected chi connectivity index (χ1v) is 4.06. The molecule has 0 aliphatic heterocycles. The van der Waals surface area contributed by atoms with Crippen LogP contribution in [0.1, 0.15) is 22.8 Å². The summed E-state index contributed by atoms with van der Waals surface area (Å²) in [5.74, 6) is -0.947. The highest BCUT2D eigenvalue weighted by Crippen LogP contribution is 2.06. The van der Waals surface area contributed by atoms with Gasteiger partial charge in [0.25, 0.3) is 0 Å². The molecule has 0 aliphatic rings. The number of benzene rings is 1. The molecule has 1 N–H and O–H groups in total. The Labute approximate surface area is 81.8 Å². The number of oxime groups is 1. The fourth-order valence-electron chi connectivity index (χ4n) is 1.07. The van der Waals surface area contributed by atoms with Crippen LogP contribution < -0.4 is 0 Å². The second-order valence-corrected chi connectivity index (χ2v) is 2.75. The van der Waals surface area contributed by atoms with Crippen LogP contribution in [0, 0.1) is 0 Å². The van der Waals surface area contributed by atoms with E-state index in [0.29, 0.717) is 5.71 Å². The van der Waals surface area contributed by atoms with Crippen molar-refractivity contribution in [2.24, 2.45) is 5.16 Å². The molecule has 0 saturated carbocycles. The van der Waals surface area contributed by atoms with E-state index in [2.05, 4.69) is 9.99 Å². The first-order valence-electron chi connectivity index (χ1n) is 4.06. The third kappa shape index (κ3) is 2.32. The third-order valence-corrected chi connectivity index (χ3v) is 1.76. The summed E-state index contributed by atoms with van der Waals surface area (Å²) in [6.45, 7) is 1.75. The van der Waals surface area contributed by atoms with Crippen LogP contribution in [0.3, 0.4) is 0 Å². The molecule has 1 aromatic rings. The minimum Gasteiger partial charge on any atom is -0.478 e. The van der Waals surface area contributed by atoms with E-state index in [4.69, 9.17) is 5.11 Å². The number of hydrogen-bond acceptors (Lipinski definition) is 3. The molecular formula is C10H11NO3. The van der Waals surface area contributed by atoms with E-state index in [-0.39, 0.29) is 5.56 Å². The van der Waals surface area contributed by atoms with Crippen LogP contribution in [-0.4, -0.2) is 23.9 Å². The smallest absolute Gasteiger partial charge is 0.335 e. The maximum Gasteiger partial charge on any atom is 0.335 e. The maximum atomic E-state index is 10.7. The predicted molar refractivity (Wildman–Crippen MR) is 52.6 cm³/mol. The monoisotopic (exact) mass is 193 g/mol. The topological polar surface area (TPSA) is 58.9 Å². The first-order chi connectivity index (χ1) is 6.65. The molecule has 14 heavy (non-hydrogen) atoms. The minimum atomic E-state index is -0.947. The van der Waals surface area contributed by atoms with Crippen LogP contribution in [0.5, 0.6) is 0 Å². The van der Waals surface area contributed by atoms with Crippen molar-refractivity contribution in [3.63, 3.8) is 0 Å². The van der Waals surface area contributed by atoms with E-state index in [1.54, 1.807) is 25.1 Å². The van der Waals surface area contributed by atoms with Crippen LogP contribution in [-0.2, 0) is 4.84 Å². The van der Waals surface area contributed by atoms with Gasteiger partial charge in [-0.2, -0.15) is 0 Å². The van der Waals surface area contributed by atoms with E-state index >= 15 is 0 Å². The molecule has 0 saturated heterocycles. The van der Waals surface area contributed by atoms with Crippen LogP contribution in [0.4, 0.5) is 0 Å². The highest BCUT2D eigenvalue weighted by molar-refractivity contribution is 6.00. The Morgan fingerprint density at radius 2 is 2.07 bits per heavy atom. The number of carboxylic acid groups (broad SMARTS) is 1. The minimum absolute atomic E-state index is 0.244. The lowest BCUT2D eigenvalue weighted by molar-refractivity contribution is 0.0697. The summed E-state index contributed by atoms with van der Waals surface area (Å²) in [6, 6.07) is 6.55. The van der Waals surface area contributed by atoms with Crippen molar-refractivity contribution in [1.29, 1.82) is 0 Å². The summed E-state index contributed by atoms with van der Waals surface area (Å²) < 4.78 is 0. The molecule has 0 unspecified atom stereocenters. The number of carboxylic acids is 1. The fraction of sp³-hybridized carbons (Fsp3) is 0.200. The van der Waals surface area contributed by atoms with Gasteiger partial charge in [0.1, 0.15) is 7.11 Å². The molecule has 1 aromatic carbocycles. The summed E-state index contributed by atoms with van der Waals surface area (Å²) in [5.41, 5.74) is 1.63. The lowest BCUT2D eigenvalue weighted by atomic mass is 10.1. The molecule has 0 amide bonds. The molecule has 0 heterocycles. The molecule has 0 aliphatic carbocycles. The van der Waals surface area contributed by atoms with Crippen molar-refractivity contribution < 1.29 is 14.7 Å². The predicted octanol–water partition coefficient (Wildman–Crippen LogP) is 1.76. The zero-order valence-corrected chi connectivity index (χ0v) is 8.02. The van der Waals surface area contributed by atoms with Crippen LogP contribution >= 0.6 is 0 Å². The van der Waals surface area contributed by atoms with E-state index in [0.717, 1.165) is 5.56 Å². The Morgan fingerprint density at radius 1 is 1.43 bits per heavy atom. The van der Waals surface area contributed by atoms with Gasteiger partial charge in [0.2, 0.25) is 0 Å². The van der Waals surface area contributed by atoms with Gasteiger partial charge in [-0.15, -0.1) is 0 Å². The van der Waals surface area contributed by atoms with Gasteiger partial charge >= 0.3 is 5.97 Å². The Hall–Kier alpha value is -1.84. The standard InChI is InChI=1S/C10H11NO3/c1-7(11-14-2)8-4-3-5-9(6-8)10(12)13/h3-6H,1-2H3,(H,12,13)/b11-7-. The van der Waals surface area contributed by atoms with Gasteiger partial charge in [0.05, 0.1) is 11.3 Å². The van der Waals surface area contributed by atoms with Crippen molar-refractivity contribution in [2.75, 3.05) is 7.11 Å². The number of aromatic carboxylic acids is 1. The van der Waals surface area contributed by atoms with Gasteiger partial charge in [0, 0.05) is 0 Å². The van der Waals surface area contributed by atoms with Gasteiger partial charge in [-0.05, 0) is 24.6 Å². The molecule has 1 rings (SSSR count). The number of carbonyl (C=O) groups is 1. The normalized spacial score (nSPS) is 11.1. The summed E-state index contributed by atoms with van der Waals surface area (Å²) in [7, 11) is 1.45. The van der Waals surface area contributed by atoms with Crippen LogP contribution in [0.2, 0.25) is 0 Å². The van der Waals surface area contributed by atoms with E-state index < -0.39 is 5.97 Å². The van der Waals surface area contributed by atoms with E-state index in [1.807, 2.05) is 0 Å². The van der Waals surface area contributed by atoms with Gasteiger partial charge in [0.15, 0.2) is 0 Å². The highest BCUT2D eigenvalue weighted by Gasteiger charge is 2.04. The highest BCUT2D eigenvalue weighted by atomic mass is 16.6.